The molecule has 0 saturated carbocycles. The van der Waals surface area contributed by atoms with Gasteiger partial charge in [-0.05, 0) is 25.1 Å². The molecule has 0 aliphatic rings. The van der Waals surface area contributed by atoms with Crippen LogP contribution >= 0.6 is 11.8 Å². The van der Waals surface area contributed by atoms with E-state index in [0.29, 0.717) is 5.56 Å². The minimum Gasteiger partial charge on any atom is -0.368 e. The second-order valence-electron chi connectivity index (χ2n) is 5.08. The minimum absolute atomic E-state index is 0.0124. The number of imidazole rings is 1. The van der Waals surface area contributed by atoms with Gasteiger partial charge in [0.25, 0.3) is 5.69 Å². The fourth-order valence-corrected chi connectivity index (χ4v) is 2.94. The largest absolute Gasteiger partial charge is 0.368 e. The maximum atomic E-state index is 11.1. The molecular weight excluding hydrogens is 340 g/mol. The Kier molecular flexibility index (Phi) is 4.75. The molecule has 3 aromatic rings. The molecule has 0 aliphatic carbocycles. The van der Waals surface area contributed by atoms with Crippen LogP contribution in [0.2, 0.25) is 0 Å². The molecule has 0 unspecified atom stereocenters. The zero-order valence-electron chi connectivity index (χ0n) is 13.2. The summed E-state index contributed by atoms with van der Waals surface area (Å²) >= 11 is 1.40. The zero-order chi connectivity index (χ0) is 17.8. The number of hydrogen-bond acceptors (Lipinski definition) is 7. The molecule has 0 aliphatic heterocycles. The number of nitrogens with zero attached hydrogens (tertiary/aromatic N) is 5. The van der Waals surface area contributed by atoms with Gasteiger partial charge in [-0.25, -0.2) is 14.6 Å². The van der Waals surface area contributed by atoms with Crippen molar-refractivity contribution < 1.29 is 4.92 Å². The van der Waals surface area contributed by atoms with Gasteiger partial charge in [-0.15, -0.1) is 0 Å². The number of rotatable bonds is 5. The Morgan fingerprint density at radius 2 is 2.20 bits per heavy atom. The lowest BCUT2D eigenvalue weighted by atomic mass is 10.2. The molecule has 3 rings (SSSR count). The number of pyridine rings is 1. The summed E-state index contributed by atoms with van der Waals surface area (Å²) in [4.78, 5) is 19.7. The van der Waals surface area contributed by atoms with Crippen molar-refractivity contribution in [2.24, 2.45) is 5.10 Å². The van der Waals surface area contributed by atoms with Gasteiger partial charge in [-0.1, -0.05) is 17.8 Å². The Morgan fingerprint density at radius 1 is 1.36 bits per heavy atom. The smallest absolute Gasteiger partial charge is 0.270 e. The topological polar surface area (TPSA) is 112 Å². The van der Waals surface area contributed by atoms with E-state index in [9.17, 15) is 10.1 Å². The van der Waals surface area contributed by atoms with Gasteiger partial charge in [0, 0.05) is 28.8 Å². The number of nitrogens with two attached hydrogens (primary N) is 1. The van der Waals surface area contributed by atoms with Crippen molar-refractivity contribution in [3.05, 3.63) is 70.2 Å². The highest BCUT2D eigenvalue weighted by Crippen LogP contribution is 2.30. The number of aromatic nitrogens is 3. The average Bonchev–Trinajstić information content (AvgIpc) is 2.92. The predicted octanol–water partition coefficient (Wildman–Crippen LogP) is 3.11. The lowest BCUT2D eigenvalue weighted by molar-refractivity contribution is -0.384. The Labute approximate surface area is 147 Å². The van der Waals surface area contributed by atoms with Crippen molar-refractivity contribution in [1.82, 2.24) is 14.6 Å². The molecule has 0 fully saturated rings. The third-order valence-electron chi connectivity index (χ3n) is 3.21. The summed E-state index contributed by atoms with van der Waals surface area (Å²) < 4.78 is 1.42. The Bertz CT molecular complexity index is 939. The number of anilines is 1. The average molecular weight is 354 g/mol. The van der Waals surface area contributed by atoms with E-state index in [1.807, 2.05) is 18.2 Å². The summed E-state index contributed by atoms with van der Waals surface area (Å²) in [5, 5.41) is 16.1. The molecule has 2 heterocycles. The van der Waals surface area contributed by atoms with Gasteiger partial charge in [0.1, 0.15) is 5.03 Å². The van der Waals surface area contributed by atoms with Gasteiger partial charge >= 0.3 is 0 Å². The summed E-state index contributed by atoms with van der Waals surface area (Å²) in [7, 11) is 0. The fourth-order valence-electron chi connectivity index (χ4n) is 2.08. The summed E-state index contributed by atoms with van der Waals surface area (Å²) in [6.45, 7) is 1.80. The van der Waals surface area contributed by atoms with E-state index in [1.165, 1.54) is 34.8 Å². The number of aryl methyl sites for hydroxylation is 1. The second kappa shape index (κ2) is 7.14. The predicted molar refractivity (Wildman–Crippen MR) is 95.8 cm³/mol. The third kappa shape index (κ3) is 4.01. The van der Waals surface area contributed by atoms with E-state index < -0.39 is 4.92 Å². The molecule has 2 aromatic heterocycles. The van der Waals surface area contributed by atoms with Crippen LogP contribution < -0.4 is 5.73 Å². The van der Waals surface area contributed by atoms with Crippen LogP contribution in [-0.2, 0) is 0 Å². The normalized spacial score (nSPS) is 11.1. The molecule has 0 spiro atoms. The Balaban J connectivity index is 1.97. The molecule has 8 nitrogen and oxygen atoms in total. The van der Waals surface area contributed by atoms with Crippen LogP contribution in [-0.4, -0.2) is 25.8 Å². The number of non-ortho nitro benzene ring substituents is 1. The maximum Gasteiger partial charge on any atom is 0.270 e. The first-order chi connectivity index (χ1) is 12.0. The quantitative estimate of drug-likeness (QED) is 0.428. The van der Waals surface area contributed by atoms with E-state index in [0.717, 1.165) is 15.6 Å². The van der Waals surface area contributed by atoms with Gasteiger partial charge < -0.3 is 5.73 Å². The van der Waals surface area contributed by atoms with Crippen molar-refractivity contribution in [3.63, 3.8) is 0 Å². The van der Waals surface area contributed by atoms with Crippen LogP contribution in [0, 0.1) is 17.0 Å². The lowest BCUT2D eigenvalue weighted by Crippen LogP contribution is -1.98. The van der Waals surface area contributed by atoms with E-state index in [4.69, 9.17) is 5.73 Å². The number of nitrogen functional groups attached to an aromatic ring is 1. The summed E-state index contributed by atoms with van der Waals surface area (Å²) in [6.07, 6.45) is 4.89. The number of hydrogen-bond donors (Lipinski definition) is 1. The van der Waals surface area contributed by atoms with Crippen molar-refractivity contribution in [2.75, 3.05) is 5.73 Å². The SMILES string of the molecule is Cc1cn(N=Cc2cc([N+](=O)[O-])ccc2Sc2ccccn2)c(N)n1. The van der Waals surface area contributed by atoms with Crippen LogP contribution in [0.25, 0.3) is 0 Å². The van der Waals surface area contributed by atoms with Crippen molar-refractivity contribution in [1.29, 1.82) is 0 Å². The number of benzene rings is 1. The van der Waals surface area contributed by atoms with Crippen molar-refractivity contribution in [3.8, 4) is 0 Å². The second-order valence-corrected chi connectivity index (χ2v) is 6.14. The molecule has 0 atom stereocenters. The third-order valence-corrected chi connectivity index (χ3v) is 4.25. The fraction of sp³-hybridized carbons (Fsp3) is 0.0625. The van der Waals surface area contributed by atoms with Crippen LogP contribution in [0.1, 0.15) is 11.3 Å². The minimum atomic E-state index is -0.442. The first kappa shape index (κ1) is 16.7. The monoisotopic (exact) mass is 354 g/mol. The number of nitro benzene ring substituents is 1. The Hall–Kier alpha value is -3.20. The van der Waals surface area contributed by atoms with Gasteiger partial charge in [0.05, 0.1) is 23.0 Å². The Morgan fingerprint density at radius 3 is 2.84 bits per heavy atom. The highest BCUT2D eigenvalue weighted by atomic mass is 32.2. The molecule has 2 N–H and O–H groups in total. The molecule has 1 aromatic carbocycles. The van der Waals surface area contributed by atoms with Gasteiger partial charge in [0.15, 0.2) is 0 Å². The van der Waals surface area contributed by atoms with E-state index in [1.54, 1.807) is 25.4 Å². The summed E-state index contributed by atoms with van der Waals surface area (Å²) in [5.74, 6) is 0.248. The molecule has 25 heavy (non-hydrogen) atoms. The first-order valence-corrected chi connectivity index (χ1v) is 8.08. The van der Waals surface area contributed by atoms with Gasteiger partial charge in [-0.2, -0.15) is 5.10 Å². The van der Waals surface area contributed by atoms with Crippen LogP contribution in [0.4, 0.5) is 11.6 Å². The van der Waals surface area contributed by atoms with Gasteiger partial charge in [0.2, 0.25) is 5.95 Å². The van der Waals surface area contributed by atoms with Crippen LogP contribution in [0.15, 0.2) is 63.8 Å². The molecule has 0 saturated heterocycles. The zero-order valence-corrected chi connectivity index (χ0v) is 14.1. The number of nitro groups is 1. The van der Waals surface area contributed by atoms with Gasteiger partial charge in [-0.3, -0.25) is 10.1 Å². The molecule has 0 amide bonds. The van der Waals surface area contributed by atoms with Crippen molar-refractivity contribution >= 4 is 29.6 Å². The standard InChI is InChI=1S/C16H14N6O2S/c1-11-10-21(16(17)20-11)19-9-12-8-13(22(23)24)5-6-14(12)25-15-4-2-3-7-18-15/h2-10H,1H3,(H2,17,20). The van der Waals surface area contributed by atoms with E-state index in [2.05, 4.69) is 15.1 Å². The molecule has 0 radical (unpaired) electrons. The lowest BCUT2D eigenvalue weighted by Gasteiger charge is -2.05. The first-order valence-electron chi connectivity index (χ1n) is 7.26. The molecular formula is C16H14N6O2S. The highest BCUT2D eigenvalue weighted by Gasteiger charge is 2.11. The molecule has 126 valence electrons. The maximum absolute atomic E-state index is 11.1. The summed E-state index contributed by atoms with van der Waals surface area (Å²) in [6, 6.07) is 10.2. The molecule has 0 bridgehead atoms. The van der Waals surface area contributed by atoms with Crippen LogP contribution in [0.3, 0.4) is 0 Å². The highest BCUT2D eigenvalue weighted by molar-refractivity contribution is 7.99. The summed E-state index contributed by atoms with van der Waals surface area (Å²) in [5.41, 5.74) is 7.07. The molecule has 9 heteroatoms. The van der Waals surface area contributed by atoms with E-state index >= 15 is 0 Å². The van der Waals surface area contributed by atoms with Crippen LogP contribution in [0.5, 0.6) is 0 Å². The van der Waals surface area contributed by atoms with E-state index in [-0.39, 0.29) is 11.6 Å². The van der Waals surface area contributed by atoms with Crippen molar-refractivity contribution in [2.45, 2.75) is 16.8 Å².